The molecule has 0 aliphatic carbocycles. The van der Waals surface area contributed by atoms with Crippen molar-refractivity contribution in [1.29, 1.82) is 0 Å². The van der Waals surface area contributed by atoms with Gasteiger partial charge in [0.25, 0.3) is 5.91 Å². The van der Waals surface area contributed by atoms with Crippen LogP contribution in [0.15, 0.2) is 47.8 Å². The van der Waals surface area contributed by atoms with E-state index in [9.17, 15) is 9.59 Å². The van der Waals surface area contributed by atoms with Crippen LogP contribution >= 0.6 is 11.3 Å². The number of hydrogen-bond donors (Lipinski definition) is 2. The van der Waals surface area contributed by atoms with Crippen LogP contribution in [0.25, 0.3) is 0 Å². The number of benzene rings is 1. The molecule has 1 aromatic heterocycles. The van der Waals surface area contributed by atoms with Gasteiger partial charge in [0.05, 0.1) is 4.88 Å². The number of nitrogens with one attached hydrogen (secondary N) is 2. The largest absolute Gasteiger partial charge is 0.337 e. The van der Waals surface area contributed by atoms with Crippen molar-refractivity contribution in [3.8, 4) is 0 Å². The van der Waals surface area contributed by atoms with Gasteiger partial charge < -0.3 is 15.5 Å². The molecular formula is C19H24N4O2S. The molecule has 0 unspecified atom stereocenters. The number of piperazine rings is 1. The molecule has 0 radical (unpaired) electrons. The Balaban J connectivity index is 1.30. The fourth-order valence-corrected chi connectivity index (χ4v) is 3.59. The summed E-state index contributed by atoms with van der Waals surface area (Å²) in [6, 6.07) is 13.5. The van der Waals surface area contributed by atoms with Gasteiger partial charge in [0.15, 0.2) is 0 Å². The molecule has 2 aromatic rings. The van der Waals surface area contributed by atoms with Gasteiger partial charge in [0.1, 0.15) is 0 Å². The zero-order valence-electron chi connectivity index (χ0n) is 14.7. The lowest BCUT2D eigenvalue weighted by Gasteiger charge is -2.34. The van der Waals surface area contributed by atoms with Gasteiger partial charge in [-0.2, -0.15) is 0 Å². The molecule has 1 aliphatic heterocycles. The highest BCUT2D eigenvalue weighted by atomic mass is 32.1. The summed E-state index contributed by atoms with van der Waals surface area (Å²) in [7, 11) is 0. The normalized spacial score (nSPS) is 14.8. The first-order chi connectivity index (χ1) is 12.7. The first-order valence-corrected chi connectivity index (χ1v) is 9.71. The maximum absolute atomic E-state index is 12.3. The fourth-order valence-electron chi connectivity index (χ4n) is 2.90. The van der Waals surface area contributed by atoms with Crippen LogP contribution in [-0.4, -0.2) is 61.0 Å². The van der Waals surface area contributed by atoms with Crippen LogP contribution in [0.3, 0.4) is 0 Å². The predicted molar refractivity (Wildman–Crippen MR) is 103 cm³/mol. The summed E-state index contributed by atoms with van der Waals surface area (Å²) in [5, 5.41) is 7.67. The molecule has 7 heteroatoms. The smallest absolute Gasteiger partial charge is 0.315 e. The van der Waals surface area contributed by atoms with Crippen molar-refractivity contribution in [2.24, 2.45) is 0 Å². The minimum Gasteiger partial charge on any atom is -0.337 e. The molecule has 2 N–H and O–H groups in total. The molecular weight excluding hydrogens is 348 g/mol. The highest BCUT2D eigenvalue weighted by Gasteiger charge is 2.22. The van der Waals surface area contributed by atoms with Crippen LogP contribution < -0.4 is 10.6 Å². The molecule has 0 bridgehead atoms. The molecule has 1 aliphatic rings. The van der Waals surface area contributed by atoms with Gasteiger partial charge in [0, 0.05) is 45.8 Å². The molecule has 0 saturated carbocycles. The van der Waals surface area contributed by atoms with Gasteiger partial charge in [-0.1, -0.05) is 36.4 Å². The molecule has 0 spiro atoms. The van der Waals surface area contributed by atoms with Gasteiger partial charge in [-0.3, -0.25) is 9.69 Å². The van der Waals surface area contributed by atoms with Gasteiger partial charge in [0.2, 0.25) is 0 Å². The van der Waals surface area contributed by atoms with Crippen molar-refractivity contribution in [3.63, 3.8) is 0 Å². The van der Waals surface area contributed by atoms with E-state index in [4.69, 9.17) is 0 Å². The second-order valence-corrected chi connectivity index (χ2v) is 7.15. The molecule has 138 valence electrons. The molecule has 1 fully saturated rings. The topological polar surface area (TPSA) is 64.7 Å². The lowest BCUT2D eigenvalue weighted by Crippen LogP contribution is -2.50. The molecule has 1 aromatic carbocycles. The van der Waals surface area contributed by atoms with Gasteiger partial charge in [-0.25, -0.2) is 4.79 Å². The number of amides is 3. The van der Waals surface area contributed by atoms with Crippen LogP contribution in [0, 0.1) is 0 Å². The molecule has 1 saturated heterocycles. The van der Waals surface area contributed by atoms with Crippen molar-refractivity contribution >= 4 is 23.3 Å². The average Bonchev–Trinajstić information content (AvgIpc) is 3.22. The van der Waals surface area contributed by atoms with E-state index in [-0.39, 0.29) is 11.9 Å². The second kappa shape index (κ2) is 9.35. The summed E-state index contributed by atoms with van der Waals surface area (Å²) in [5.74, 6) is 0.123. The lowest BCUT2D eigenvalue weighted by molar-refractivity contribution is 0.0644. The summed E-state index contributed by atoms with van der Waals surface area (Å²) in [5.41, 5.74) is 1.08. The van der Waals surface area contributed by atoms with E-state index in [0.29, 0.717) is 13.1 Å². The van der Waals surface area contributed by atoms with Gasteiger partial charge in [-0.15, -0.1) is 11.3 Å². The fraction of sp³-hybridized carbons (Fsp3) is 0.368. The van der Waals surface area contributed by atoms with E-state index < -0.39 is 0 Å². The van der Waals surface area contributed by atoms with Crippen molar-refractivity contribution < 1.29 is 9.59 Å². The van der Waals surface area contributed by atoms with E-state index in [0.717, 1.165) is 43.2 Å². The summed E-state index contributed by atoms with van der Waals surface area (Å²) < 4.78 is 0. The van der Waals surface area contributed by atoms with Crippen LogP contribution in [0.1, 0.15) is 15.2 Å². The maximum atomic E-state index is 12.3. The SMILES string of the molecule is O=C(NCCN1CCN(C(=O)c2cccs2)CC1)NCc1ccccc1. The van der Waals surface area contributed by atoms with E-state index in [2.05, 4.69) is 15.5 Å². The monoisotopic (exact) mass is 372 g/mol. The predicted octanol–water partition coefficient (Wildman–Crippen LogP) is 2.01. The summed E-state index contributed by atoms with van der Waals surface area (Å²) >= 11 is 1.49. The maximum Gasteiger partial charge on any atom is 0.315 e. The Morgan fingerprint density at radius 1 is 0.962 bits per heavy atom. The summed E-state index contributed by atoms with van der Waals surface area (Å²) in [4.78, 5) is 29.1. The molecule has 0 atom stereocenters. The third-order valence-corrected chi connectivity index (χ3v) is 5.26. The van der Waals surface area contributed by atoms with Gasteiger partial charge in [-0.05, 0) is 17.0 Å². The first-order valence-electron chi connectivity index (χ1n) is 8.83. The number of rotatable bonds is 6. The minimum atomic E-state index is -0.152. The Kier molecular flexibility index (Phi) is 6.62. The van der Waals surface area contributed by atoms with E-state index in [1.165, 1.54) is 11.3 Å². The average molecular weight is 372 g/mol. The number of carbonyl (C=O) groups excluding carboxylic acids is 2. The zero-order valence-corrected chi connectivity index (χ0v) is 15.5. The number of carbonyl (C=O) groups is 2. The lowest BCUT2D eigenvalue weighted by atomic mass is 10.2. The first kappa shape index (κ1) is 18.4. The number of hydrogen-bond acceptors (Lipinski definition) is 4. The number of nitrogens with zero attached hydrogens (tertiary/aromatic N) is 2. The van der Waals surface area contributed by atoms with E-state index >= 15 is 0 Å². The highest BCUT2D eigenvalue weighted by Crippen LogP contribution is 2.13. The zero-order chi connectivity index (χ0) is 18.2. The molecule has 2 heterocycles. The van der Waals surface area contributed by atoms with Crippen molar-refractivity contribution in [2.45, 2.75) is 6.54 Å². The van der Waals surface area contributed by atoms with Crippen LogP contribution in [0.4, 0.5) is 4.79 Å². The van der Waals surface area contributed by atoms with Crippen molar-refractivity contribution in [2.75, 3.05) is 39.3 Å². The number of thiophene rings is 1. The van der Waals surface area contributed by atoms with Gasteiger partial charge >= 0.3 is 6.03 Å². The molecule has 6 nitrogen and oxygen atoms in total. The second-order valence-electron chi connectivity index (χ2n) is 6.21. The number of urea groups is 1. The third kappa shape index (κ3) is 5.31. The Morgan fingerprint density at radius 2 is 1.73 bits per heavy atom. The minimum absolute atomic E-state index is 0.123. The third-order valence-electron chi connectivity index (χ3n) is 4.40. The standard InChI is InChI=1S/C19H24N4O2S/c24-18(17-7-4-14-26-17)23-12-10-22(11-13-23)9-8-20-19(25)21-15-16-5-2-1-3-6-16/h1-7,14H,8-13,15H2,(H2,20,21,25). The van der Waals surface area contributed by atoms with E-state index in [1.54, 1.807) is 0 Å². The van der Waals surface area contributed by atoms with Crippen molar-refractivity contribution in [1.82, 2.24) is 20.4 Å². The Hall–Kier alpha value is -2.38. The Bertz CT molecular complexity index is 698. The molecule has 3 amide bonds. The summed E-state index contributed by atoms with van der Waals surface area (Å²) in [6.07, 6.45) is 0. The molecule has 26 heavy (non-hydrogen) atoms. The molecule has 3 rings (SSSR count). The highest BCUT2D eigenvalue weighted by molar-refractivity contribution is 7.12. The Labute approximate surface area is 157 Å². The quantitative estimate of drug-likeness (QED) is 0.815. The van der Waals surface area contributed by atoms with Crippen LogP contribution in [-0.2, 0) is 6.54 Å². The van der Waals surface area contributed by atoms with E-state index in [1.807, 2.05) is 52.7 Å². The van der Waals surface area contributed by atoms with Crippen LogP contribution in [0.5, 0.6) is 0 Å². The summed E-state index contributed by atoms with van der Waals surface area (Å²) in [6.45, 7) is 5.05. The Morgan fingerprint density at radius 3 is 2.42 bits per heavy atom. The van der Waals surface area contributed by atoms with Crippen LogP contribution in [0.2, 0.25) is 0 Å². The van der Waals surface area contributed by atoms with Crippen molar-refractivity contribution in [3.05, 3.63) is 58.3 Å².